The maximum absolute atomic E-state index is 11.7. The van der Waals surface area contributed by atoms with Crippen LogP contribution in [0.3, 0.4) is 0 Å². The average Bonchev–Trinajstić information content (AvgIpc) is 1.60. The Morgan fingerprint density at radius 2 is 1.82 bits per heavy atom. The second-order valence-electron chi connectivity index (χ2n) is 1.27. The molecule has 0 rings (SSSR count). The molecule has 0 aliphatic carbocycles. The SMILES string of the molecule is O=C(O)C(F)(F)OB(O)O.[LiH]. The first-order valence-electron chi connectivity index (χ1n) is 2.01. The van der Waals surface area contributed by atoms with Crippen LogP contribution in [0.4, 0.5) is 8.78 Å². The molecule has 3 N–H and O–H groups in total. The Morgan fingerprint density at radius 1 is 1.45 bits per heavy atom. The molecule has 0 amide bonds. The van der Waals surface area contributed by atoms with Crippen LogP contribution in [0.1, 0.15) is 0 Å². The van der Waals surface area contributed by atoms with Crippen LogP contribution in [0.2, 0.25) is 0 Å². The molecule has 0 fully saturated rings. The molecule has 0 atom stereocenters. The van der Waals surface area contributed by atoms with Gasteiger partial charge in [-0.1, -0.05) is 0 Å². The molecule has 0 aromatic carbocycles. The zero-order valence-corrected chi connectivity index (χ0v) is 4.49. The van der Waals surface area contributed by atoms with Crippen molar-refractivity contribution in [3.63, 3.8) is 0 Å². The van der Waals surface area contributed by atoms with Crippen molar-refractivity contribution in [2.24, 2.45) is 0 Å². The third kappa shape index (κ3) is 5.18. The molecule has 0 saturated carbocycles. The van der Waals surface area contributed by atoms with Crippen LogP contribution in [0, 0.1) is 0 Å². The van der Waals surface area contributed by atoms with E-state index in [0.29, 0.717) is 0 Å². The molecule has 0 bridgehead atoms. The van der Waals surface area contributed by atoms with E-state index in [1.54, 1.807) is 0 Å². The van der Waals surface area contributed by atoms with Crippen LogP contribution in [0.25, 0.3) is 0 Å². The Kier molecular flexibility index (Phi) is 5.74. The van der Waals surface area contributed by atoms with Crippen molar-refractivity contribution in [3.8, 4) is 0 Å². The van der Waals surface area contributed by atoms with Gasteiger partial charge in [0.1, 0.15) is 0 Å². The first kappa shape index (κ1) is 13.5. The zero-order chi connectivity index (χ0) is 8.36. The fraction of sp³-hybridized carbons (Fsp3) is 0.500. The van der Waals surface area contributed by atoms with Crippen LogP contribution >= 0.6 is 0 Å². The summed E-state index contributed by atoms with van der Waals surface area (Å²) in [6, 6.07) is 0. The molecule has 0 unspecified atom stereocenters. The van der Waals surface area contributed by atoms with Gasteiger partial charge in [-0.2, -0.15) is 8.78 Å². The van der Waals surface area contributed by atoms with Gasteiger partial charge in [0.2, 0.25) is 0 Å². The third-order valence-corrected chi connectivity index (χ3v) is 0.502. The first-order chi connectivity index (χ1) is 4.36. The van der Waals surface area contributed by atoms with Gasteiger partial charge in [0.25, 0.3) is 0 Å². The predicted octanol–water partition coefficient (Wildman–Crippen LogP) is -2.00. The van der Waals surface area contributed by atoms with Crippen molar-refractivity contribution < 1.29 is 33.4 Å². The summed E-state index contributed by atoms with van der Waals surface area (Å²) in [6.45, 7) is 0. The minimum absolute atomic E-state index is 0. The van der Waals surface area contributed by atoms with E-state index < -0.39 is 19.4 Å². The summed E-state index contributed by atoms with van der Waals surface area (Å²) in [5.41, 5.74) is 0. The molecule has 60 valence electrons. The topological polar surface area (TPSA) is 87.0 Å². The number of alkyl halides is 2. The molecule has 0 spiro atoms. The van der Waals surface area contributed by atoms with Gasteiger partial charge in [-0.25, -0.2) is 4.79 Å². The van der Waals surface area contributed by atoms with Crippen molar-refractivity contribution in [1.29, 1.82) is 0 Å². The number of carboxylic acid groups (broad SMARTS) is 1. The number of halogens is 2. The van der Waals surface area contributed by atoms with Gasteiger partial charge in [0.15, 0.2) is 0 Å². The van der Waals surface area contributed by atoms with Gasteiger partial charge >= 0.3 is 38.3 Å². The Balaban J connectivity index is 0. The molecule has 0 aromatic rings. The Bertz CT molecular complexity index is 140. The summed E-state index contributed by atoms with van der Waals surface area (Å²) in [4.78, 5) is 9.46. The van der Waals surface area contributed by atoms with Gasteiger partial charge in [-0.05, 0) is 0 Å². The fourth-order valence-electron chi connectivity index (χ4n) is 0.183. The van der Waals surface area contributed by atoms with Crippen molar-refractivity contribution in [2.45, 2.75) is 6.11 Å². The summed E-state index contributed by atoms with van der Waals surface area (Å²) in [5.74, 6) is -2.58. The molecule has 0 radical (unpaired) electrons. The second kappa shape index (κ2) is 4.69. The van der Waals surface area contributed by atoms with Gasteiger partial charge < -0.3 is 19.8 Å². The molecule has 0 aliphatic rings. The van der Waals surface area contributed by atoms with Crippen LogP contribution in [0.15, 0.2) is 0 Å². The molecular weight excluding hydrogens is 160 g/mol. The summed E-state index contributed by atoms with van der Waals surface area (Å²) in [5, 5.41) is 23.0. The van der Waals surface area contributed by atoms with Crippen molar-refractivity contribution in [2.75, 3.05) is 0 Å². The number of rotatable bonds is 3. The van der Waals surface area contributed by atoms with Crippen LogP contribution in [-0.4, -0.2) is 53.4 Å². The van der Waals surface area contributed by atoms with E-state index in [-0.39, 0.29) is 18.9 Å². The molecule has 0 saturated heterocycles. The van der Waals surface area contributed by atoms with E-state index in [1.807, 2.05) is 0 Å². The van der Waals surface area contributed by atoms with Crippen LogP contribution < -0.4 is 0 Å². The monoisotopic (exact) mass is 164 g/mol. The zero-order valence-electron chi connectivity index (χ0n) is 4.49. The molecule has 5 nitrogen and oxygen atoms in total. The van der Waals surface area contributed by atoms with Gasteiger partial charge in [-0.3, -0.25) is 0 Å². The van der Waals surface area contributed by atoms with Crippen molar-refractivity contribution >= 4 is 32.2 Å². The maximum atomic E-state index is 11.7. The minimum atomic E-state index is -4.56. The number of hydrogen-bond donors (Lipinski definition) is 3. The third-order valence-electron chi connectivity index (χ3n) is 0.502. The fourth-order valence-corrected chi connectivity index (χ4v) is 0.183. The number of carbonyl (C=O) groups is 1. The predicted molar refractivity (Wildman–Crippen MR) is 31.0 cm³/mol. The average molecular weight is 164 g/mol. The normalized spacial score (nSPS) is 10.2. The van der Waals surface area contributed by atoms with E-state index in [4.69, 9.17) is 15.2 Å². The van der Waals surface area contributed by atoms with E-state index in [1.165, 1.54) is 0 Å². The van der Waals surface area contributed by atoms with E-state index in [2.05, 4.69) is 4.65 Å². The summed E-state index contributed by atoms with van der Waals surface area (Å²) in [6.07, 6.45) is -4.56. The molecular formula is C2H4BF2LiO5. The van der Waals surface area contributed by atoms with Crippen LogP contribution in [0.5, 0.6) is 0 Å². The van der Waals surface area contributed by atoms with E-state index in [0.717, 1.165) is 0 Å². The van der Waals surface area contributed by atoms with E-state index in [9.17, 15) is 13.6 Å². The van der Waals surface area contributed by atoms with Crippen molar-refractivity contribution in [3.05, 3.63) is 0 Å². The summed E-state index contributed by atoms with van der Waals surface area (Å²) >= 11 is 0. The number of carboxylic acids is 1. The number of aliphatic carboxylic acids is 1. The summed E-state index contributed by atoms with van der Waals surface area (Å²) < 4.78 is 26.2. The Morgan fingerprint density at radius 3 is 1.91 bits per heavy atom. The van der Waals surface area contributed by atoms with Gasteiger partial charge in [0, 0.05) is 0 Å². The standard InChI is InChI=1S/C2H3BF2O5.Li.H/c4-2(5,1(6)7)10-3(8)9;;/h8-9H,(H,6,7);;. The van der Waals surface area contributed by atoms with Gasteiger partial charge in [0.05, 0.1) is 0 Å². The number of hydrogen-bond acceptors (Lipinski definition) is 4. The Hall–Kier alpha value is -0.128. The first-order valence-corrected chi connectivity index (χ1v) is 2.01. The molecule has 0 heterocycles. The quantitative estimate of drug-likeness (QED) is 0.420. The van der Waals surface area contributed by atoms with E-state index >= 15 is 0 Å². The Labute approximate surface area is 72.3 Å². The molecule has 0 aliphatic heterocycles. The summed E-state index contributed by atoms with van der Waals surface area (Å²) in [7, 11) is -2.80. The second-order valence-corrected chi connectivity index (χ2v) is 1.27. The molecule has 0 aromatic heterocycles. The molecule has 9 heteroatoms. The van der Waals surface area contributed by atoms with Gasteiger partial charge in [-0.15, -0.1) is 0 Å². The van der Waals surface area contributed by atoms with Crippen LogP contribution in [-0.2, 0) is 9.45 Å². The molecule has 11 heavy (non-hydrogen) atoms. The van der Waals surface area contributed by atoms with Crippen molar-refractivity contribution in [1.82, 2.24) is 0 Å².